The van der Waals surface area contributed by atoms with Crippen molar-refractivity contribution in [3.05, 3.63) is 64.2 Å². The fourth-order valence-corrected chi connectivity index (χ4v) is 4.26. The highest BCUT2D eigenvalue weighted by Gasteiger charge is 2.32. The second-order valence-corrected chi connectivity index (χ2v) is 10.3. The van der Waals surface area contributed by atoms with Gasteiger partial charge in [0.1, 0.15) is 29.1 Å². The number of carboxylic acids is 1. The van der Waals surface area contributed by atoms with E-state index in [0.717, 1.165) is 6.07 Å². The first-order valence-electron chi connectivity index (χ1n) is 11.9. The number of ether oxygens (including phenoxy) is 2. The topological polar surface area (TPSA) is 79.3 Å². The standard InChI is InChI=1S/C27H34F2N2O5/c1-16-7-8-19(12-21(16)28)23(35-20-11-17(2)24(25(32)33)22(29)13-20)15-30-9-10-31(18(3)14-30)26(34)36-27(4,5)6/h7-8,11-13,18,23H,9-10,14-15H2,1-6H3,(H,32,33)/t18-,23?/m1/s1. The highest BCUT2D eigenvalue weighted by atomic mass is 19.1. The van der Waals surface area contributed by atoms with Gasteiger partial charge in [0.25, 0.3) is 0 Å². The van der Waals surface area contributed by atoms with Gasteiger partial charge in [-0.1, -0.05) is 12.1 Å². The van der Waals surface area contributed by atoms with Gasteiger partial charge in [-0.3, -0.25) is 4.90 Å². The molecule has 2 aromatic rings. The number of benzene rings is 2. The Labute approximate surface area is 210 Å². The predicted molar refractivity (Wildman–Crippen MR) is 131 cm³/mol. The Bertz CT molecular complexity index is 1110. The molecule has 3 rings (SSSR count). The number of carbonyl (C=O) groups is 2. The molecule has 7 nitrogen and oxygen atoms in total. The van der Waals surface area contributed by atoms with Gasteiger partial charge in [0.2, 0.25) is 0 Å². The van der Waals surface area contributed by atoms with Crippen molar-refractivity contribution in [1.29, 1.82) is 0 Å². The first kappa shape index (κ1) is 27.4. The first-order chi connectivity index (χ1) is 16.7. The molecule has 1 amide bonds. The normalized spacial score (nSPS) is 17.6. The molecular formula is C27H34F2N2O5. The van der Waals surface area contributed by atoms with Crippen LogP contribution in [0.15, 0.2) is 30.3 Å². The van der Waals surface area contributed by atoms with Gasteiger partial charge >= 0.3 is 12.1 Å². The van der Waals surface area contributed by atoms with Crippen molar-refractivity contribution in [1.82, 2.24) is 9.80 Å². The maximum Gasteiger partial charge on any atom is 0.410 e. The van der Waals surface area contributed by atoms with E-state index in [1.165, 1.54) is 19.1 Å². The minimum Gasteiger partial charge on any atom is -0.484 e. The van der Waals surface area contributed by atoms with Crippen molar-refractivity contribution in [2.24, 2.45) is 0 Å². The smallest absolute Gasteiger partial charge is 0.410 e. The number of rotatable bonds is 6. The van der Waals surface area contributed by atoms with Crippen molar-refractivity contribution < 1.29 is 33.0 Å². The van der Waals surface area contributed by atoms with Crippen molar-refractivity contribution in [3.63, 3.8) is 0 Å². The maximum absolute atomic E-state index is 14.5. The van der Waals surface area contributed by atoms with Crippen LogP contribution in [0.2, 0.25) is 0 Å². The molecule has 1 fully saturated rings. The molecular weight excluding hydrogens is 470 g/mol. The minimum atomic E-state index is -1.36. The Kier molecular flexibility index (Phi) is 8.23. The number of carboxylic acid groups (broad SMARTS) is 1. The predicted octanol–water partition coefficient (Wildman–Crippen LogP) is 5.34. The summed E-state index contributed by atoms with van der Waals surface area (Å²) in [6.45, 7) is 12.4. The van der Waals surface area contributed by atoms with E-state index in [1.807, 2.05) is 27.7 Å². The molecule has 0 bridgehead atoms. The van der Waals surface area contributed by atoms with Crippen LogP contribution in [0.5, 0.6) is 5.75 Å². The van der Waals surface area contributed by atoms with Crippen molar-refractivity contribution >= 4 is 12.1 Å². The molecule has 1 N–H and O–H groups in total. The second kappa shape index (κ2) is 10.8. The Hall–Kier alpha value is -3.20. The van der Waals surface area contributed by atoms with Gasteiger partial charge in [-0.15, -0.1) is 0 Å². The van der Waals surface area contributed by atoms with E-state index in [2.05, 4.69) is 4.90 Å². The number of aryl methyl sites for hydroxylation is 2. The van der Waals surface area contributed by atoms with E-state index in [4.69, 9.17) is 9.47 Å². The molecule has 0 radical (unpaired) electrons. The molecule has 0 aromatic heterocycles. The van der Waals surface area contributed by atoms with Crippen molar-refractivity contribution in [2.45, 2.75) is 59.3 Å². The Morgan fingerprint density at radius 3 is 2.33 bits per heavy atom. The quantitative estimate of drug-likeness (QED) is 0.572. The van der Waals surface area contributed by atoms with Crippen LogP contribution in [0.4, 0.5) is 13.6 Å². The van der Waals surface area contributed by atoms with Crippen LogP contribution in [0.3, 0.4) is 0 Å². The molecule has 1 aliphatic heterocycles. The summed E-state index contributed by atoms with van der Waals surface area (Å²) in [6.07, 6.45) is -1.03. The molecule has 1 unspecified atom stereocenters. The molecule has 196 valence electrons. The number of nitrogens with zero attached hydrogens (tertiary/aromatic N) is 2. The molecule has 9 heteroatoms. The fraction of sp³-hybridized carbons (Fsp3) is 0.481. The highest BCUT2D eigenvalue weighted by Crippen LogP contribution is 2.29. The number of aromatic carboxylic acids is 1. The first-order valence-corrected chi connectivity index (χ1v) is 11.9. The lowest BCUT2D eigenvalue weighted by Gasteiger charge is -2.41. The minimum absolute atomic E-state index is 0.126. The van der Waals surface area contributed by atoms with Crippen molar-refractivity contribution in [3.8, 4) is 5.75 Å². The zero-order valence-electron chi connectivity index (χ0n) is 21.6. The third-order valence-electron chi connectivity index (χ3n) is 6.08. The van der Waals surface area contributed by atoms with Gasteiger partial charge in [-0.25, -0.2) is 18.4 Å². The summed E-state index contributed by atoms with van der Waals surface area (Å²) in [5.41, 5.74) is 0.287. The summed E-state index contributed by atoms with van der Waals surface area (Å²) < 4.78 is 40.5. The van der Waals surface area contributed by atoms with E-state index in [9.17, 15) is 23.5 Å². The largest absolute Gasteiger partial charge is 0.484 e. The fourth-order valence-electron chi connectivity index (χ4n) is 4.26. The molecule has 1 saturated heterocycles. The van der Waals surface area contributed by atoms with Crippen LogP contribution in [0, 0.1) is 25.5 Å². The van der Waals surface area contributed by atoms with Gasteiger partial charge in [-0.2, -0.15) is 0 Å². The molecule has 0 spiro atoms. The molecule has 1 heterocycles. The van der Waals surface area contributed by atoms with Crippen LogP contribution >= 0.6 is 0 Å². The average molecular weight is 505 g/mol. The molecule has 2 aromatic carbocycles. The lowest BCUT2D eigenvalue weighted by atomic mass is 10.0. The monoisotopic (exact) mass is 504 g/mol. The van der Waals surface area contributed by atoms with E-state index in [1.54, 1.807) is 24.0 Å². The van der Waals surface area contributed by atoms with Gasteiger partial charge in [-0.05, 0) is 70.4 Å². The second-order valence-electron chi connectivity index (χ2n) is 10.3. The van der Waals surface area contributed by atoms with Gasteiger partial charge < -0.3 is 19.5 Å². The average Bonchev–Trinajstić information content (AvgIpc) is 2.73. The summed E-state index contributed by atoms with van der Waals surface area (Å²) >= 11 is 0. The van der Waals surface area contributed by atoms with E-state index in [-0.39, 0.29) is 29.3 Å². The van der Waals surface area contributed by atoms with Crippen LogP contribution in [-0.2, 0) is 4.74 Å². The van der Waals surface area contributed by atoms with Gasteiger partial charge in [0.15, 0.2) is 0 Å². The SMILES string of the molecule is Cc1ccc(C(CN2CCN(C(=O)OC(C)(C)C)[C@H](C)C2)Oc2cc(C)c(C(=O)O)c(F)c2)cc1F. The highest BCUT2D eigenvalue weighted by molar-refractivity contribution is 5.89. The molecule has 1 aliphatic rings. The maximum atomic E-state index is 14.5. The number of piperazine rings is 1. The summed E-state index contributed by atoms with van der Waals surface area (Å²) in [5.74, 6) is -2.48. The number of hydrogen-bond donors (Lipinski definition) is 1. The van der Waals surface area contributed by atoms with Crippen LogP contribution in [-0.4, -0.2) is 64.8 Å². The Morgan fingerprint density at radius 1 is 1.08 bits per heavy atom. The van der Waals surface area contributed by atoms with Gasteiger partial charge in [0, 0.05) is 38.3 Å². The van der Waals surface area contributed by atoms with E-state index >= 15 is 0 Å². The number of hydrogen-bond acceptors (Lipinski definition) is 5. The molecule has 0 aliphatic carbocycles. The molecule has 2 atom stereocenters. The van der Waals surface area contributed by atoms with Crippen molar-refractivity contribution in [2.75, 3.05) is 26.2 Å². The summed E-state index contributed by atoms with van der Waals surface area (Å²) in [5, 5.41) is 9.25. The van der Waals surface area contributed by atoms with Crippen LogP contribution in [0.1, 0.15) is 60.8 Å². The van der Waals surface area contributed by atoms with Crippen LogP contribution in [0.25, 0.3) is 0 Å². The van der Waals surface area contributed by atoms with E-state index < -0.39 is 29.1 Å². The Balaban J connectivity index is 1.81. The molecule has 36 heavy (non-hydrogen) atoms. The van der Waals surface area contributed by atoms with Crippen LogP contribution < -0.4 is 4.74 Å². The summed E-state index contributed by atoms with van der Waals surface area (Å²) in [6, 6.07) is 7.19. The number of carbonyl (C=O) groups excluding carboxylic acids is 1. The third kappa shape index (κ3) is 6.72. The number of amides is 1. The van der Waals surface area contributed by atoms with E-state index in [0.29, 0.717) is 37.3 Å². The lowest BCUT2D eigenvalue weighted by molar-refractivity contribution is -0.00300. The summed E-state index contributed by atoms with van der Waals surface area (Å²) in [4.78, 5) is 27.7. The van der Waals surface area contributed by atoms with Gasteiger partial charge in [0.05, 0.1) is 5.56 Å². The zero-order chi connectivity index (χ0) is 26.8. The molecule has 0 saturated carbocycles. The number of halogens is 2. The summed E-state index contributed by atoms with van der Waals surface area (Å²) in [7, 11) is 0. The third-order valence-corrected chi connectivity index (χ3v) is 6.08. The lowest BCUT2D eigenvalue weighted by Crippen LogP contribution is -2.55. The zero-order valence-corrected chi connectivity index (χ0v) is 21.6. The Morgan fingerprint density at radius 2 is 1.78 bits per heavy atom.